The molecule has 0 amide bonds. The van der Waals surface area contributed by atoms with E-state index in [0.29, 0.717) is 24.4 Å². The number of anilines is 2. The van der Waals surface area contributed by atoms with E-state index in [4.69, 9.17) is 15.5 Å². The van der Waals surface area contributed by atoms with Crippen LogP contribution < -0.4 is 15.4 Å². The van der Waals surface area contributed by atoms with Crippen molar-refractivity contribution in [1.29, 1.82) is 0 Å². The average molecular weight is 404 g/mol. The Balaban J connectivity index is 1.40. The first-order chi connectivity index (χ1) is 14.6. The monoisotopic (exact) mass is 403 g/mol. The number of nitrogen functional groups attached to an aromatic ring is 1. The van der Waals surface area contributed by atoms with Crippen molar-refractivity contribution >= 4 is 22.3 Å². The molecule has 2 N–H and O–H groups in total. The molecular formula is C24H29N5O. The molecular weight excluding hydrogens is 374 g/mol. The Kier molecular flexibility index (Phi) is 4.95. The van der Waals surface area contributed by atoms with Crippen molar-refractivity contribution < 1.29 is 4.74 Å². The Labute approximate surface area is 177 Å². The van der Waals surface area contributed by atoms with Crippen LogP contribution in [0.5, 0.6) is 6.01 Å². The summed E-state index contributed by atoms with van der Waals surface area (Å²) in [6.07, 6.45) is 2.00. The molecule has 30 heavy (non-hydrogen) atoms. The second-order valence-corrected chi connectivity index (χ2v) is 8.67. The van der Waals surface area contributed by atoms with Gasteiger partial charge < -0.3 is 20.3 Å². The second kappa shape index (κ2) is 7.76. The maximum absolute atomic E-state index is 6.29. The summed E-state index contributed by atoms with van der Waals surface area (Å²) in [6.45, 7) is 6.64. The number of hydrogen-bond donors (Lipinski definition) is 1. The van der Waals surface area contributed by atoms with Gasteiger partial charge >= 0.3 is 6.01 Å². The molecule has 0 aliphatic carbocycles. The third kappa shape index (κ3) is 3.56. The van der Waals surface area contributed by atoms with E-state index in [-0.39, 0.29) is 0 Å². The largest absolute Gasteiger partial charge is 0.463 e. The van der Waals surface area contributed by atoms with E-state index in [0.717, 1.165) is 50.3 Å². The lowest BCUT2D eigenvalue weighted by molar-refractivity contribution is 0.231. The van der Waals surface area contributed by atoms with Crippen molar-refractivity contribution in [2.75, 3.05) is 43.9 Å². The molecule has 6 nitrogen and oxygen atoms in total. The number of aryl methyl sites for hydroxylation is 1. The molecule has 5 rings (SSSR count). The van der Waals surface area contributed by atoms with Crippen LogP contribution in [-0.4, -0.2) is 48.2 Å². The summed E-state index contributed by atoms with van der Waals surface area (Å²) in [5, 5.41) is 2.58. The van der Waals surface area contributed by atoms with E-state index in [1.807, 2.05) is 0 Å². The molecule has 6 heteroatoms. The van der Waals surface area contributed by atoms with Crippen LogP contribution >= 0.6 is 0 Å². The normalized spacial score (nSPS) is 19.3. The molecule has 0 spiro atoms. The number of fused-ring (bicyclic) bond motifs is 2. The minimum absolute atomic E-state index is 0.414. The summed E-state index contributed by atoms with van der Waals surface area (Å²) in [7, 11) is 2.15. The lowest BCUT2D eigenvalue weighted by atomic mass is 10.00. The number of likely N-dealkylation sites (tertiary alicyclic amines) is 1. The van der Waals surface area contributed by atoms with Gasteiger partial charge in [0.25, 0.3) is 0 Å². The van der Waals surface area contributed by atoms with Gasteiger partial charge in [-0.05, 0) is 50.4 Å². The zero-order valence-electron chi connectivity index (χ0n) is 17.8. The van der Waals surface area contributed by atoms with Crippen molar-refractivity contribution in [2.24, 2.45) is 5.92 Å². The third-order valence-electron chi connectivity index (χ3n) is 6.45. The highest BCUT2D eigenvalue weighted by molar-refractivity contribution is 5.97. The van der Waals surface area contributed by atoms with Crippen LogP contribution in [0.25, 0.3) is 10.8 Å². The number of aromatic nitrogens is 2. The molecule has 3 heterocycles. The summed E-state index contributed by atoms with van der Waals surface area (Å²) < 4.78 is 5.97. The zero-order chi connectivity index (χ0) is 20.7. The van der Waals surface area contributed by atoms with Gasteiger partial charge in [-0.1, -0.05) is 30.3 Å². The second-order valence-electron chi connectivity index (χ2n) is 8.67. The number of nitrogens with zero attached hydrogens (tertiary/aromatic N) is 4. The molecule has 3 aromatic rings. The topological polar surface area (TPSA) is 67.5 Å². The number of nitrogens with two attached hydrogens (primary N) is 1. The van der Waals surface area contributed by atoms with E-state index >= 15 is 0 Å². The number of hydrogen-bond acceptors (Lipinski definition) is 6. The number of benzene rings is 2. The molecule has 0 radical (unpaired) electrons. The fraction of sp³-hybridized carbons (Fsp3) is 0.417. The van der Waals surface area contributed by atoms with E-state index in [1.165, 1.54) is 22.0 Å². The molecule has 0 saturated carbocycles. The fourth-order valence-corrected chi connectivity index (χ4v) is 4.83. The van der Waals surface area contributed by atoms with Crippen LogP contribution in [-0.2, 0) is 13.0 Å². The molecule has 0 unspecified atom stereocenters. The minimum atomic E-state index is 0.414. The van der Waals surface area contributed by atoms with Crippen LogP contribution in [0.4, 0.5) is 11.5 Å². The third-order valence-corrected chi connectivity index (χ3v) is 6.45. The molecule has 2 aliphatic heterocycles. The first-order valence-corrected chi connectivity index (χ1v) is 10.8. The van der Waals surface area contributed by atoms with Gasteiger partial charge in [0.05, 0.1) is 18.8 Å². The molecule has 1 fully saturated rings. The summed E-state index contributed by atoms with van der Waals surface area (Å²) in [6, 6.07) is 13.4. The Morgan fingerprint density at radius 3 is 2.77 bits per heavy atom. The van der Waals surface area contributed by atoms with Gasteiger partial charge in [0, 0.05) is 35.6 Å². The first-order valence-electron chi connectivity index (χ1n) is 10.8. The van der Waals surface area contributed by atoms with Gasteiger partial charge in [-0.2, -0.15) is 9.97 Å². The maximum atomic E-state index is 6.29. The fourth-order valence-electron chi connectivity index (χ4n) is 4.83. The Morgan fingerprint density at radius 2 is 1.97 bits per heavy atom. The van der Waals surface area contributed by atoms with Crippen LogP contribution in [0.2, 0.25) is 0 Å². The standard InChI is InChI=1S/C24H29N5O/c1-16-5-3-6-18-7-4-8-21(22(16)18)29-12-10-19-20(14-29)26-24(27-23(19)25)30-15-17-9-11-28(2)13-17/h3-8,17H,9-15H2,1-2H3,(H2,25,26,27)/t17-/m1/s1. The van der Waals surface area contributed by atoms with Crippen molar-refractivity contribution in [1.82, 2.24) is 14.9 Å². The Bertz CT molecular complexity index is 1080. The van der Waals surface area contributed by atoms with Gasteiger partial charge in [-0.3, -0.25) is 0 Å². The van der Waals surface area contributed by atoms with Crippen molar-refractivity contribution in [3.63, 3.8) is 0 Å². The van der Waals surface area contributed by atoms with E-state index in [2.05, 4.69) is 65.2 Å². The molecule has 1 atom stereocenters. The Morgan fingerprint density at radius 1 is 1.13 bits per heavy atom. The summed E-state index contributed by atoms with van der Waals surface area (Å²) in [5.41, 5.74) is 10.9. The number of rotatable bonds is 4. The highest BCUT2D eigenvalue weighted by Gasteiger charge is 2.25. The van der Waals surface area contributed by atoms with E-state index < -0.39 is 0 Å². The number of ether oxygens (including phenoxy) is 1. The zero-order valence-corrected chi connectivity index (χ0v) is 17.8. The summed E-state index contributed by atoms with van der Waals surface area (Å²) >= 11 is 0. The van der Waals surface area contributed by atoms with Gasteiger partial charge in [0.2, 0.25) is 0 Å². The van der Waals surface area contributed by atoms with Gasteiger partial charge in [-0.15, -0.1) is 0 Å². The van der Waals surface area contributed by atoms with Crippen LogP contribution in [0.3, 0.4) is 0 Å². The van der Waals surface area contributed by atoms with Gasteiger partial charge in [0.1, 0.15) is 5.82 Å². The van der Waals surface area contributed by atoms with Gasteiger partial charge in [-0.25, -0.2) is 0 Å². The molecule has 1 saturated heterocycles. The highest BCUT2D eigenvalue weighted by Crippen LogP contribution is 2.34. The molecule has 1 aromatic heterocycles. The molecule has 2 aromatic carbocycles. The van der Waals surface area contributed by atoms with Crippen LogP contribution in [0, 0.1) is 12.8 Å². The molecule has 0 bridgehead atoms. The van der Waals surface area contributed by atoms with Gasteiger partial charge in [0.15, 0.2) is 0 Å². The van der Waals surface area contributed by atoms with E-state index in [9.17, 15) is 0 Å². The van der Waals surface area contributed by atoms with Crippen molar-refractivity contribution in [3.8, 4) is 6.01 Å². The predicted octanol–water partition coefficient (Wildman–Crippen LogP) is 3.41. The SMILES string of the molecule is Cc1cccc2cccc(N3CCc4c(N)nc(OC[C@@H]5CCN(C)C5)nc4C3)c12. The predicted molar refractivity (Wildman–Crippen MR) is 121 cm³/mol. The quantitative estimate of drug-likeness (QED) is 0.720. The molecule has 2 aliphatic rings. The Hall–Kier alpha value is -2.86. The summed E-state index contributed by atoms with van der Waals surface area (Å²) in [4.78, 5) is 13.9. The maximum Gasteiger partial charge on any atom is 0.318 e. The van der Waals surface area contributed by atoms with Crippen molar-refractivity contribution in [2.45, 2.75) is 26.3 Å². The highest BCUT2D eigenvalue weighted by atomic mass is 16.5. The van der Waals surface area contributed by atoms with E-state index in [1.54, 1.807) is 0 Å². The van der Waals surface area contributed by atoms with Crippen molar-refractivity contribution in [3.05, 3.63) is 53.2 Å². The van der Waals surface area contributed by atoms with Crippen LogP contribution in [0.1, 0.15) is 23.2 Å². The summed E-state index contributed by atoms with van der Waals surface area (Å²) in [5.74, 6) is 1.10. The molecule has 156 valence electrons. The lowest BCUT2D eigenvalue weighted by Gasteiger charge is -2.31. The lowest BCUT2D eigenvalue weighted by Crippen LogP contribution is -2.32. The first kappa shape index (κ1) is 19.1. The minimum Gasteiger partial charge on any atom is -0.463 e. The van der Waals surface area contributed by atoms with Crippen LogP contribution in [0.15, 0.2) is 36.4 Å². The smallest absolute Gasteiger partial charge is 0.318 e. The average Bonchev–Trinajstić information content (AvgIpc) is 3.17.